The molecular weight excluding hydrogens is 280 g/mol. The Morgan fingerprint density at radius 3 is 2.91 bits per heavy atom. The Kier molecular flexibility index (Phi) is 3.89. The molecule has 0 saturated carbocycles. The van der Waals surface area contributed by atoms with E-state index in [0.717, 1.165) is 22.3 Å². The zero-order chi connectivity index (χ0) is 15.5. The van der Waals surface area contributed by atoms with Crippen LogP contribution in [0.4, 0.5) is 0 Å². The van der Waals surface area contributed by atoms with Crippen LogP contribution in [0.5, 0.6) is 0 Å². The van der Waals surface area contributed by atoms with Gasteiger partial charge < -0.3 is 9.84 Å². The summed E-state index contributed by atoms with van der Waals surface area (Å²) in [6, 6.07) is 12.9. The van der Waals surface area contributed by atoms with E-state index in [9.17, 15) is 9.90 Å². The summed E-state index contributed by atoms with van der Waals surface area (Å²) in [7, 11) is 0. The highest BCUT2D eigenvalue weighted by atomic mass is 16.5. The molecule has 0 aliphatic carbocycles. The number of benzene rings is 2. The number of carbonyl (C=O) groups is 1. The first-order chi connectivity index (χ1) is 10.7. The van der Waals surface area contributed by atoms with E-state index in [0.29, 0.717) is 12.2 Å². The number of nitrogens with zero attached hydrogens (tertiary/aromatic N) is 2. The summed E-state index contributed by atoms with van der Waals surface area (Å²) < 4.78 is 6.92. The minimum absolute atomic E-state index is 0.00647. The number of hydrogen-bond acceptors (Lipinski definition) is 4. The van der Waals surface area contributed by atoms with Crippen LogP contribution in [0.25, 0.3) is 16.7 Å². The molecule has 0 aliphatic rings. The van der Waals surface area contributed by atoms with Gasteiger partial charge in [-0.3, -0.25) is 4.57 Å². The summed E-state index contributed by atoms with van der Waals surface area (Å²) >= 11 is 0. The van der Waals surface area contributed by atoms with Gasteiger partial charge in [-0.1, -0.05) is 12.1 Å². The average Bonchev–Trinajstić information content (AvgIpc) is 2.98. The zero-order valence-electron chi connectivity index (χ0n) is 12.2. The fourth-order valence-electron chi connectivity index (χ4n) is 2.36. The summed E-state index contributed by atoms with van der Waals surface area (Å²) in [6.07, 6.45) is 1.70. The van der Waals surface area contributed by atoms with E-state index in [4.69, 9.17) is 4.74 Å². The molecular formula is C17H16N2O3. The van der Waals surface area contributed by atoms with Gasteiger partial charge in [0, 0.05) is 5.69 Å². The fraction of sp³-hybridized carbons (Fsp3) is 0.176. The largest absolute Gasteiger partial charge is 0.462 e. The highest BCUT2D eigenvalue weighted by molar-refractivity contribution is 5.93. The Balaban J connectivity index is 2.03. The molecule has 0 saturated heterocycles. The second-order valence-electron chi connectivity index (χ2n) is 4.87. The predicted octanol–water partition coefficient (Wildman–Crippen LogP) is 2.69. The number of esters is 1. The Morgan fingerprint density at radius 1 is 1.27 bits per heavy atom. The van der Waals surface area contributed by atoms with Crippen LogP contribution in [0.1, 0.15) is 22.8 Å². The number of fused-ring (bicyclic) bond motifs is 1. The minimum Gasteiger partial charge on any atom is -0.462 e. The second kappa shape index (κ2) is 5.99. The lowest BCUT2D eigenvalue weighted by Gasteiger charge is -2.06. The average molecular weight is 296 g/mol. The van der Waals surface area contributed by atoms with E-state index in [1.807, 2.05) is 34.9 Å². The Bertz CT molecular complexity index is 824. The molecule has 1 heterocycles. The Hall–Kier alpha value is -2.66. The van der Waals surface area contributed by atoms with Gasteiger partial charge in [0.2, 0.25) is 0 Å². The summed E-state index contributed by atoms with van der Waals surface area (Å²) in [5.41, 5.74) is 3.85. The van der Waals surface area contributed by atoms with E-state index in [1.54, 1.807) is 25.4 Å². The second-order valence-corrected chi connectivity index (χ2v) is 4.87. The number of ether oxygens (including phenoxy) is 1. The van der Waals surface area contributed by atoms with Crippen LogP contribution in [0.3, 0.4) is 0 Å². The van der Waals surface area contributed by atoms with Crippen molar-refractivity contribution in [2.24, 2.45) is 0 Å². The van der Waals surface area contributed by atoms with Gasteiger partial charge >= 0.3 is 5.97 Å². The molecule has 22 heavy (non-hydrogen) atoms. The molecule has 0 fully saturated rings. The van der Waals surface area contributed by atoms with Crippen molar-refractivity contribution in [1.29, 1.82) is 0 Å². The van der Waals surface area contributed by atoms with Crippen molar-refractivity contribution in [1.82, 2.24) is 9.55 Å². The van der Waals surface area contributed by atoms with Crippen LogP contribution in [0.2, 0.25) is 0 Å². The molecule has 3 aromatic rings. The van der Waals surface area contributed by atoms with Gasteiger partial charge in [-0.15, -0.1) is 0 Å². The maximum atomic E-state index is 11.8. The van der Waals surface area contributed by atoms with Crippen LogP contribution < -0.4 is 0 Å². The Morgan fingerprint density at radius 2 is 2.14 bits per heavy atom. The minimum atomic E-state index is -0.346. The molecule has 0 spiro atoms. The van der Waals surface area contributed by atoms with E-state index in [-0.39, 0.29) is 12.6 Å². The van der Waals surface area contributed by atoms with Crippen molar-refractivity contribution >= 4 is 17.0 Å². The third-order valence-corrected chi connectivity index (χ3v) is 3.43. The lowest BCUT2D eigenvalue weighted by Crippen LogP contribution is -2.04. The van der Waals surface area contributed by atoms with E-state index < -0.39 is 0 Å². The Labute approximate surface area is 127 Å². The molecule has 3 rings (SSSR count). The van der Waals surface area contributed by atoms with Crippen LogP contribution in [-0.4, -0.2) is 27.2 Å². The fourth-order valence-corrected chi connectivity index (χ4v) is 2.36. The summed E-state index contributed by atoms with van der Waals surface area (Å²) in [5, 5.41) is 9.24. The summed E-state index contributed by atoms with van der Waals surface area (Å²) in [5.74, 6) is -0.346. The van der Waals surface area contributed by atoms with Gasteiger partial charge in [-0.05, 0) is 42.8 Å². The highest BCUT2D eigenvalue weighted by Gasteiger charge is 2.10. The first-order valence-corrected chi connectivity index (χ1v) is 7.07. The van der Waals surface area contributed by atoms with Crippen molar-refractivity contribution in [3.63, 3.8) is 0 Å². The van der Waals surface area contributed by atoms with E-state index in [1.165, 1.54) is 0 Å². The molecule has 0 radical (unpaired) electrons. The molecule has 1 N–H and O–H groups in total. The molecule has 5 nitrogen and oxygen atoms in total. The number of imidazole rings is 1. The van der Waals surface area contributed by atoms with Gasteiger partial charge in [-0.25, -0.2) is 9.78 Å². The third-order valence-electron chi connectivity index (χ3n) is 3.43. The predicted molar refractivity (Wildman–Crippen MR) is 82.9 cm³/mol. The highest BCUT2D eigenvalue weighted by Crippen LogP contribution is 2.20. The first kappa shape index (κ1) is 14.3. The maximum Gasteiger partial charge on any atom is 0.338 e. The number of hydrogen-bond donors (Lipinski definition) is 1. The standard InChI is InChI=1S/C17H16N2O3/c1-2-22-17(21)13-6-7-16-15(9-13)18-11-19(16)14-5-3-4-12(8-14)10-20/h3-9,11,20H,2,10H2,1H3. The molecule has 0 bridgehead atoms. The molecule has 1 aromatic heterocycles. The van der Waals surface area contributed by atoms with Crippen molar-refractivity contribution in [3.05, 3.63) is 59.9 Å². The van der Waals surface area contributed by atoms with E-state index in [2.05, 4.69) is 4.98 Å². The van der Waals surface area contributed by atoms with Crippen LogP contribution in [0, 0.1) is 0 Å². The normalized spacial score (nSPS) is 10.8. The number of aliphatic hydroxyl groups is 1. The van der Waals surface area contributed by atoms with Crippen LogP contribution in [-0.2, 0) is 11.3 Å². The van der Waals surface area contributed by atoms with E-state index >= 15 is 0 Å². The molecule has 0 atom stereocenters. The zero-order valence-corrected chi connectivity index (χ0v) is 12.2. The first-order valence-electron chi connectivity index (χ1n) is 7.07. The van der Waals surface area contributed by atoms with Crippen LogP contribution in [0.15, 0.2) is 48.8 Å². The van der Waals surface area contributed by atoms with Gasteiger partial charge in [0.05, 0.1) is 29.8 Å². The number of aromatic nitrogens is 2. The van der Waals surface area contributed by atoms with Crippen molar-refractivity contribution in [2.75, 3.05) is 6.61 Å². The van der Waals surface area contributed by atoms with Gasteiger partial charge in [0.1, 0.15) is 6.33 Å². The molecule has 112 valence electrons. The summed E-state index contributed by atoms with van der Waals surface area (Å²) in [6.45, 7) is 2.12. The van der Waals surface area contributed by atoms with Crippen molar-refractivity contribution in [3.8, 4) is 5.69 Å². The third kappa shape index (κ3) is 2.58. The number of aliphatic hydroxyl groups excluding tert-OH is 1. The monoisotopic (exact) mass is 296 g/mol. The molecule has 0 aliphatic heterocycles. The van der Waals surface area contributed by atoms with Crippen LogP contribution >= 0.6 is 0 Å². The lowest BCUT2D eigenvalue weighted by atomic mass is 10.2. The lowest BCUT2D eigenvalue weighted by molar-refractivity contribution is 0.0526. The van der Waals surface area contributed by atoms with Gasteiger partial charge in [0.25, 0.3) is 0 Å². The molecule has 2 aromatic carbocycles. The molecule has 0 amide bonds. The quantitative estimate of drug-likeness (QED) is 0.752. The smallest absolute Gasteiger partial charge is 0.338 e. The van der Waals surface area contributed by atoms with Gasteiger partial charge in [-0.2, -0.15) is 0 Å². The van der Waals surface area contributed by atoms with Gasteiger partial charge in [0.15, 0.2) is 0 Å². The topological polar surface area (TPSA) is 64.3 Å². The summed E-state index contributed by atoms with van der Waals surface area (Å²) in [4.78, 5) is 16.1. The van der Waals surface area contributed by atoms with Crippen molar-refractivity contribution < 1.29 is 14.6 Å². The number of rotatable bonds is 4. The molecule has 5 heteroatoms. The maximum absolute atomic E-state index is 11.8. The van der Waals surface area contributed by atoms with Crippen molar-refractivity contribution in [2.45, 2.75) is 13.5 Å². The number of carbonyl (C=O) groups excluding carboxylic acids is 1. The SMILES string of the molecule is CCOC(=O)c1ccc2c(c1)ncn2-c1cccc(CO)c1. The molecule has 0 unspecified atom stereocenters.